The molecule has 18 heavy (non-hydrogen) atoms. The van der Waals surface area contributed by atoms with E-state index in [1.165, 1.54) is 15.4 Å². The zero-order valence-corrected chi connectivity index (χ0v) is 11.8. The first-order valence-electron chi connectivity index (χ1n) is 6.40. The lowest BCUT2D eigenvalue weighted by atomic mass is 10.1. The SMILES string of the molecule is CCc1ncc(CNCc2ncccc2CC)s1. The third-order valence-electron chi connectivity index (χ3n) is 2.86. The van der Waals surface area contributed by atoms with Gasteiger partial charge in [0.25, 0.3) is 0 Å². The summed E-state index contributed by atoms with van der Waals surface area (Å²) < 4.78 is 0. The van der Waals surface area contributed by atoms with Gasteiger partial charge in [-0.3, -0.25) is 4.98 Å². The summed E-state index contributed by atoms with van der Waals surface area (Å²) in [6.07, 6.45) is 5.88. The molecule has 0 aliphatic heterocycles. The van der Waals surface area contributed by atoms with Crippen LogP contribution in [0.1, 0.15) is 35.0 Å². The lowest BCUT2D eigenvalue weighted by Crippen LogP contribution is -2.14. The van der Waals surface area contributed by atoms with Gasteiger partial charge >= 0.3 is 0 Å². The molecule has 0 aliphatic rings. The van der Waals surface area contributed by atoms with Gasteiger partial charge in [0.15, 0.2) is 0 Å². The Labute approximate surface area is 112 Å². The lowest BCUT2D eigenvalue weighted by Gasteiger charge is -2.06. The summed E-state index contributed by atoms with van der Waals surface area (Å²) in [7, 11) is 0. The van der Waals surface area contributed by atoms with Gasteiger partial charge in [0.1, 0.15) is 0 Å². The molecule has 1 N–H and O–H groups in total. The molecule has 0 saturated heterocycles. The number of pyridine rings is 1. The molecule has 0 aliphatic carbocycles. The number of aryl methyl sites for hydroxylation is 2. The minimum atomic E-state index is 0.823. The van der Waals surface area contributed by atoms with Crippen molar-refractivity contribution >= 4 is 11.3 Å². The van der Waals surface area contributed by atoms with Crippen molar-refractivity contribution in [2.24, 2.45) is 0 Å². The third kappa shape index (κ3) is 3.37. The summed E-state index contributed by atoms with van der Waals surface area (Å²) in [6.45, 7) is 6.00. The molecular weight excluding hydrogens is 242 g/mol. The Morgan fingerprint density at radius 3 is 2.78 bits per heavy atom. The van der Waals surface area contributed by atoms with Gasteiger partial charge in [-0.2, -0.15) is 0 Å². The van der Waals surface area contributed by atoms with Crippen LogP contribution in [0.15, 0.2) is 24.5 Å². The lowest BCUT2D eigenvalue weighted by molar-refractivity contribution is 0.679. The van der Waals surface area contributed by atoms with Gasteiger partial charge in [0, 0.05) is 30.4 Å². The molecule has 0 radical (unpaired) electrons. The molecule has 3 nitrogen and oxygen atoms in total. The monoisotopic (exact) mass is 261 g/mol. The van der Waals surface area contributed by atoms with E-state index in [9.17, 15) is 0 Å². The van der Waals surface area contributed by atoms with Crippen LogP contribution in [0.5, 0.6) is 0 Å². The molecule has 0 atom stereocenters. The quantitative estimate of drug-likeness (QED) is 0.868. The van der Waals surface area contributed by atoms with Crippen molar-refractivity contribution in [3.8, 4) is 0 Å². The van der Waals surface area contributed by atoms with Crippen LogP contribution in [-0.4, -0.2) is 9.97 Å². The van der Waals surface area contributed by atoms with E-state index in [1.807, 2.05) is 18.5 Å². The maximum Gasteiger partial charge on any atom is 0.0925 e. The maximum absolute atomic E-state index is 4.43. The number of nitrogens with one attached hydrogen (secondary N) is 1. The van der Waals surface area contributed by atoms with Crippen molar-refractivity contribution in [1.29, 1.82) is 0 Å². The minimum Gasteiger partial charge on any atom is -0.306 e. The summed E-state index contributed by atoms with van der Waals surface area (Å²) in [5, 5.41) is 4.65. The highest BCUT2D eigenvalue weighted by Gasteiger charge is 2.03. The standard InChI is InChI=1S/C14H19N3S/c1-3-11-6-5-7-16-13(11)10-15-8-12-9-17-14(4-2)18-12/h5-7,9,15H,3-4,8,10H2,1-2H3. The van der Waals surface area contributed by atoms with Crippen LogP contribution in [0, 0.1) is 0 Å². The van der Waals surface area contributed by atoms with E-state index < -0.39 is 0 Å². The van der Waals surface area contributed by atoms with Gasteiger partial charge in [-0.05, 0) is 24.5 Å². The van der Waals surface area contributed by atoms with Gasteiger partial charge < -0.3 is 5.32 Å². The Kier molecular flexibility index (Phi) is 4.84. The second-order valence-electron chi connectivity index (χ2n) is 4.14. The van der Waals surface area contributed by atoms with Crippen LogP contribution in [0.25, 0.3) is 0 Å². The summed E-state index contributed by atoms with van der Waals surface area (Å²) in [4.78, 5) is 10.1. The second-order valence-corrected chi connectivity index (χ2v) is 5.34. The van der Waals surface area contributed by atoms with Crippen molar-refractivity contribution in [3.05, 3.63) is 45.7 Å². The summed E-state index contributed by atoms with van der Waals surface area (Å²) in [5.41, 5.74) is 2.48. The molecule has 4 heteroatoms. The molecule has 0 saturated carbocycles. The van der Waals surface area contributed by atoms with Crippen molar-refractivity contribution in [2.45, 2.75) is 39.8 Å². The molecule has 2 heterocycles. The molecular formula is C14H19N3S. The Hall–Kier alpha value is -1.26. The van der Waals surface area contributed by atoms with Gasteiger partial charge in [0.05, 0.1) is 10.7 Å². The van der Waals surface area contributed by atoms with Crippen LogP contribution in [-0.2, 0) is 25.9 Å². The average Bonchev–Trinajstić information content (AvgIpc) is 2.87. The Morgan fingerprint density at radius 1 is 1.17 bits per heavy atom. The van der Waals surface area contributed by atoms with E-state index in [1.54, 1.807) is 11.3 Å². The topological polar surface area (TPSA) is 37.8 Å². The molecule has 96 valence electrons. The number of rotatable bonds is 6. The Balaban J connectivity index is 1.88. The predicted octanol–water partition coefficient (Wildman–Crippen LogP) is 2.95. The summed E-state index contributed by atoms with van der Waals surface area (Å²) >= 11 is 1.78. The first-order valence-corrected chi connectivity index (χ1v) is 7.22. The van der Waals surface area contributed by atoms with Gasteiger partial charge in [-0.1, -0.05) is 19.9 Å². The highest BCUT2D eigenvalue weighted by atomic mass is 32.1. The number of nitrogens with zero attached hydrogens (tertiary/aromatic N) is 2. The second kappa shape index (κ2) is 6.61. The zero-order chi connectivity index (χ0) is 12.8. The first kappa shape index (κ1) is 13.2. The van der Waals surface area contributed by atoms with E-state index in [0.717, 1.165) is 31.6 Å². The highest BCUT2D eigenvalue weighted by Crippen LogP contribution is 2.13. The molecule has 0 fully saturated rings. The fourth-order valence-electron chi connectivity index (χ4n) is 1.85. The van der Waals surface area contributed by atoms with E-state index >= 15 is 0 Å². The molecule has 0 aromatic carbocycles. The van der Waals surface area contributed by atoms with Gasteiger partial charge in [-0.15, -0.1) is 11.3 Å². The van der Waals surface area contributed by atoms with Crippen LogP contribution < -0.4 is 5.32 Å². The number of hydrogen-bond acceptors (Lipinski definition) is 4. The minimum absolute atomic E-state index is 0.823. The zero-order valence-electron chi connectivity index (χ0n) is 10.9. The molecule has 0 bridgehead atoms. The van der Waals surface area contributed by atoms with Crippen molar-refractivity contribution < 1.29 is 0 Å². The fourth-order valence-corrected chi connectivity index (χ4v) is 2.68. The van der Waals surface area contributed by atoms with Crippen molar-refractivity contribution in [1.82, 2.24) is 15.3 Å². The van der Waals surface area contributed by atoms with Gasteiger partial charge in [0.2, 0.25) is 0 Å². The van der Waals surface area contributed by atoms with E-state index in [2.05, 4.69) is 35.2 Å². The highest BCUT2D eigenvalue weighted by molar-refractivity contribution is 7.11. The van der Waals surface area contributed by atoms with E-state index in [4.69, 9.17) is 0 Å². The predicted molar refractivity (Wildman–Crippen MR) is 75.7 cm³/mol. The van der Waals surface area contributed by atoms with Crippen LogP contribution in [0.3, 0.4) is 0 Å². The van der Waals surface area contributed by atoms with Gasteiger partial charge in [-0.25, -0.2) is 4.98 Å². The molecule has 0 unspecified atom stereocenters. The normalized spacial score (nSPS) is 10.8. The van der Waals surface area contributed by atoms with E-state index in [-0.39, 0.29) is 0 Å². The molecule has 0 amide bonds. The molecule has 0 spiro atoms. The van der Waals surface area contributed by atoms with Crippen molar-refractivity contribution in [3.63, 3.8) is 0 Å². The number of thiazole rings is 1. The molecule has 2 aromatic heterocycles. The number of aromatic nitrogens is 2. The van der Waals surface area contributed by atoms with Crippen LogP contribution in [0.4, 0.5) is 0 Å². The summed E-state index contributed by atoms with van der Waals surface area (Å²) in [6, 6.07) is 4.14. The molecule has 2 aromatic rings. The smallest absolute Gasteiger partial charge is 0.0925 e. The Morgan fingerprint density at radius 2 is 2.06 bits per heavy atom. The Bertz CT molecular complexity index is 493. The maximum atomic E-state index is 4.43. The molecule has 2 rings (SSSR count). The largest absolute Gasteiger partial charge is 0.306 e. The fraction of sp³-hybridized carbons (Fsp3) is 0.429. The summed E-state index contributed by atoms with van der Waals surface area (Å²) in [5.74, 6) is 0. The van der Waals surface area contributed by atoms with Crippen LogP contribution >= 0.6 is 11.3 Å². The third-order valence-corrected chi connectivity index (χ3v) is 4.00. The van der Waals surface area contributed by atoms with Crippen LogP contribution in [0.2, 0.25) is 0 Å². The van der Waals surface area contributed by atoms with Crippen molar-refractivity contribution in [2.75, 3.05) is 0 Å². The average molecular weight is 261 g/mol. The van der Waals surface area contributed by atoms with E-state index in [0.29, 0.717) is 0 Å². The number of hydrogen-bond donors (Lipinski definition) is 1. The first-order chi connectivity index (χ1) is 8.83.